The summed E-state index contributed by atoms with van der Waals surface area (Å²) in [7, 11) is 0. The maximum absolute atomic E-state index is 12.9. The molecule has 0 radical (unpaired) electrons. The van der Waals surface area contributed by atoms with Crippen LogP contribution in [0.3, 0.4) is 0 Å². The van der Waals surface area contributed by atoms with Crippen molar-refractivity contribution in [1.29, 1.82) is 0 Å². The van der Waals surface area contributed by atoms with Gasteiger partial charge in [-0.25, -0.2) is 4.39 Å². The van der Waals surface area contributed by atoms with Gasteiger partial charge in [0.2, 0.25) is 0 Å². The quantitative estimate of drug-likeness (QED) is 0.668. The number of rotatable bonds is 8. The van der Waals surface area contributed by atoms with Gasteiger partial charge >= 0.3 is 0 Å². The molecule has 1 amide bonds. The molecule has 0 fully saturated rings. The number of amides is 1. The van der Waals surface area contributed by atoms with Crippen molar-refractivity contribution in [3.8, 4) is 5.75 Å². The number of benzene rings is 2. The third kappa shape index (κ3) is 9.40. The summed E-state index contributed by atoms with van der Waals surface area (Å²) in [5, 5.41) is 6.22. The fraction of sp³-hybridized carbons (Fsp3) is 0.381. The second-order valence-electron chi connectivity index (χ2n) is 7.28. The van der Waals surface area contributed by atoms with E-state index in [0.29, 0.717) is 5.75 Å². The predicted molar refractivity (Wildman–Crippen MR) is 109 cm³/mol. The minimum Gasteiger partial charge on any atom is -0.484 e. The molecule has 6 heteroatoms. The van der Waals surface area contributed by atoms with Gasteiger partial charge in [0.05, 0.1) is 0 Å². The maximum atomic E-state index is 12.9. The van der Waals surface area contributed by atoms with E-state index in [-0.39, 0.29) is 36.3 Å². The van der Waals surface area contributed by atoms with Crippen LogP contribution < -0.4 is 15.4 Å². The Morgan fingerprint density at radius 2 is 1.59 bits per heavy atom. The van der Waals surface area contributed by atoms with E-state index in [0.717, 1.165) is 30.6 Å². The zero-order valence-electron chi connectivity index (χ0n) is 16.0. The molecule has 0 aliphatic rings. The van der Waals surface area contributed by atoms with Crippen LogP contribution in [0.1, 0.15) is 31.9 Å². The summed E-state index contributed by atoms with van der Waals surface area (Å²) in [4.78, 5) is 11.7. The van der Waals surface area contributed by atoms with Gasteiger partial charge < -0.3 is 15.4 Å². The first-order valence-electron chi connectivity index (χ1n) is 8.80. The fourth-order valence-electron chi connectivity index (χ4n) is 2.42. The molecule has 0 unspecified atom stereocenters. The van der Waals surface area contributed by atoms with Crippen LogP contribution in [-0.2, 0) is 17.8 Å². The Bertz CT molecular complexity index is 698. The van der Waals surface area contributed by atoms with E-state index in [1.54, 1.807) is 12.1 Å². The number of carbonyl (C=O) groups is 1. The van der Waals surface area contributed by atoms with Crippen molar-refractivity contribution in [2.45, 2.75) is 39.3 Å². The molecular weight excluding hydrogens is 367 g/mol. The Balaban J connectivity index is 0.00000364. The molecule has 0 aliphatic carbocycles. The molecule has 148 valence electrons. The average Bonchev–Trinajstić information content (AvgIpc) is 2.58. The van der Waals surface area contributed by atoms with E-state index >= 15 is 0 Å². The number of ether oxygens (including phenoxy) is 1. The molecule has 0 spiro atoms. The second-order valence-corrected chi connectivity index (χ2v) is 7.28. The molecule has 2 N–H and O–H groups in total. The lowest BCUT2D eigenvalue weighted by atomic mass is 10.1. The molecule has 0 bridgehead atoms. The average molecular weight is 395 g/mol. The van der Waals surface area contributed by atoms with Crippen LogP contribution in [0.5, 0.6) is 5.75 Å². The highest BCUT2D eigenvalue weighted by Gasteiger charge is 2.13. The number of halogens is 2. The molecule has 0 saturated carbocycles. The minimum absolute atomic E-state index is 0. The van der Waals surface area contributed by atoms with Crippen LogP contribution in [0.2, 0.25) is 0 Å². The first-order chi connectivity index (χ1) is 12.3. The SMILES string of the molecule is CC(C)(C)NC(=O)COc1ccc(CNCCc2ccc(F)cc2)cc1.Cl. The second kappa shape index (κ2) is 10.9. The van der Waals surface area contributed by atoms with E-state index in [4.69, 9.17) is 4.74 Å². The third-order valence-corrected chi connectivity index (χ3v) is 3.64. The van der Waals surface area contributed by atoms with Crippen LogP contribution in [0, 0.1) is 5.82 Å². The van der Waals surface area contributed by atoms with Gasteiger partial charge in [-0.3, -0.25) is 4.79 Å². The molecule has 2 aromatic rings. The minimum atomic E-state index is -0.260. The van der Waals surface area contributed by atoms with Crippen LogP contribution in [0.4, 0.5) is 4.39 Å². The first-order valence-corrected chi connectivity index (χ1v) is 8.80. The van der Waals surface area contributed by atoms with Gasteiger partial charge in [0.25, 0.3) is 5.91 Å². The Kier molecular flexibility index (Phi) is 9.26. The molecule has 0 aliphatic heterocycles. The number of nitrogens with one attached hydrogen (secondary N) is 2. The topological polar surface area (TPSA) is 50.4 Å². The number of hydrogen-bond acceptors (Lipinski definition) is 3. The van der Waals surface area contributed by atoms with Gasteiger partial charge in [0.15, 0.2) is 6.61 Å². The monoisotopic (exact) mass is 394 g/mol. The van der Waals surface area contributed by atoms with Crippen molar-refractivity contribution < 1.29 is 13.9 Å². The van der Waals surface area contributed by atoms with Gasteiger partial charge in [-0.05, 0) is 69.1 Å². The van der Waals surface area contributed by atoms with E-state index in [2.05, 4.69) is 10.6 Å². The van der Waals surface area contributed by atoms with Gasteiger partial charge in [0, 0.05) is 12.1 Å². The first kappa shape index (κ1) is 22.9. The molecule has 0 atom stereocenters. The molecule has 2 aromatic carbocycles. The highest BCUT2D eigenvalue weighted by atomic mass is 35.5. The van der Waals surface area contributed by atoms with Crippen molar-refractivity contribution >= 4 is 18.3 Å². The maximum Gasteiger partial charge on any atom is 0.258 e. The summed E-state index contributed by atoms with van der Waals surface area (Å²) in [6.45, 7) is 7.36. The summed E-state index contributed by atoms with van der Waals surface area (Å²) >= 11 is 0. The standard InChI is InChI=1S/C21H27FN2O2.ClH/c1-21(2,3)24-20(25)15-26-19-10-6-17(7-11-19)14-23-13-12-16-4-8-18(22)9-5-16;/h4-11,23H,12-15H2,1-3H3,(H,24,25);1H. The fourth-order valence-corrected chi connectivity index (χ4v) is 2.42. The van der Waals surface area contributed by atoms with Crippen LogP contribution in [0.15, 0.2) is 48.5 Å². The van der Waals surface area contributed by atoms with Crippen molar-refractivity contribution in [3.05, 3.63) is 65.5 Å². The zero-order chi connectivity index (χ0) is 19.0. The van der Waals surface area contributed by atoms with Gasteiger partial charge in [-0.2, -0.15) is 0 Å². The van der Waals surface area contributed by atoms with Crippen molar-refractivity contribution in [3.63, 3.8) is 0 Å². The van der Waals surface area contributed by atoms with Crippen LogP contribution >= 0.6 is 12.4 Å². The Labute approximate surface area is 166 Å². The lowest BCUT2D eigenvalue weighted by Crippen LogP contribution is -2.43. The Morgan fingerprint density at radius 1 is 1.00 bits per heavy atom. The van der Waals surface area contributed by atoms with Crippen molar-refractivity contribution in [2.75, 3.05) is 13.2 Å². The largest absolute Gasteiger partial charge is 0.484 e. The lowest BCUT2D eigenvalue weighted by Gasteiger charge is -2.20. The van der Waals surface area contributed by atoms with Crippen LogP contribution in [-0.4, -0.2) is 24.6 Å². The summed E-state index contributed by atoms with van der Waals surface area (Å²) in [5.41, 5.74) is 1.98. The Morgan fingerprint density at radius 3 is 2.19 bits per heavy atom. The summed E-state index contributed by atoms with van der Waals surface area (Å²) in [5.74, 6) is 0.327. The highest BCUT2D eigenvalue weighted by Crippen LogP contribution is 2.12. The van der Waals surface area contributed by atoms with Gasteiger partial charge in [0.1, 0.15) is 11.6 Å². The van der Waals surface area contributed by atoms with E-state index in [1.807, 2.05) is 45.0 Å². The van der Waals surface area contributed by atoms with Gasteiger partial charge in [-0.15, -0.1) is 12.4 Å². The van der Waals surface area contributed by atoms with Crippen molar-refractivity contribution in [2.24, 2.45) is 0 Å². The summed E-state index contributed by atoms with van der Waals surface area (Å²) < 4.78 is 18.4. The van der Waals surface area contributed by atoms with E-state index in [9.17, 15) is 9.18 Å². The van der Waals surface area contributed by atoms with Gasteiger partial charge in [-0.1, -0.05) is 24.3 Å². The summed E-state index contributed by atoms with van der Waals surface area (Å²) in [6, 6.07) is 14.2. The summed E-state index contributed by atoms with van der Waals surface area (Å²) in [6.07, 6.45) is 0.852. The predicted octanol–water partition coefficient (Wildman–Crippen LogP) is 3.87. The molecule has 2 rings (SSSR count). The molecule has 0 saturated heterocycles. The highest BCUT2D eigenvalue weighted by molar-refractivity contribution is 5.85. The van der Waals surface area contributed by atoms with Crippen molar-refractivity contribution in [1.82, 2.24) is 10.6 Å². The Hall–Kier alpha value is -2.11. The molecule has 0 aromatic heterocycles. The normalized spacial score (nSPS) is 10.8. The number of hydrogen-bond donors (Lipinski definition) is 2. The molecule has 0 heterocycles. The van der Waals surface area contributed by atoms with Crippen LogP contribution in [0.25, 0.3) is 0 Å². The van der Waals surface area contributed by atoms with E-state index < -0.39 is 0 Å². The molecule has 4 nitrogen and oxygen atoms in total. The molecule has 27 heavy (non-hydrogen) atoms. The zero-order valence-corrected chi connectivity index (χ0v) is 16.9. The lowest BCUT2D eigenvalue weighted by molar-refractivity contribution is -0.124. The molecular formula is C21H28ClFN2O2. The van der Waals surface area contributed by atoms with E-state index in [1.165, 1.54) is 12.1 Å². The number of carbonyl (C=O) groups excluding carboxylic acids is 1. The smallest absolute Gasteiger partial charge is 0.258 e. The third-order valence-electron chi connectivity index (χ3n) is 3.64.